The van der Waals surface area contributed by atoms with E-state index < -0.39 is 23.4 Å². The molecule has 0 radical (unpaired) electrons. The number of anilines is 1. The number of hydrogen-bond acceptors (Lipinski definition) is 3. The van der Waals surface area contributed by atoms with Gasteiger partial charge in [-0.2, -0.15) is 0 Å². The molecule has 0 spiro atoms. The van der Waals surface area contributed by atoms with Gasteiger partial charge in [0.25, 0.3) is 5.91 Å². The van der Waals surface area contributed by atoms with Gasteiger partial charge in [0.2, 0.25) is 5.91 Å². The van der Waals surface area contributed by atoms with Crippen molar-refractivity contribution in [2.24, 2.45) is 0 Å². The monoisotopic (exact) mass is 351 g/mol. The molecule has 0 bridgehead atoms. The maximum atomic E-state index is 12.8. The molecule has 6 nitrogen and oxygen atoms in total. The average Bonchev–Trinajstić information content (AvgIpc) is 2.79. The zero-order valence-electron chi connectivity index (χ0n) is 15.0. The Bertz CT molecular complexity index is 876. The lowest BCUT2D eigenvalue weighted by atomic mass is 9.91. The predicted octanol–water partition coefficient (Wildman–Crippen LogP) is 2.71. The summed E-state index contributed by atoms with van der Waals surface area (Å²) in [5, 5.41) is 5.41. The number of benzene rings is 2. The van der Waals surface area contributed by atoms with E-state index in [0.717, 1.165) is 16.0 Å². The lowest BCUT2D eigenvalue weighted by Gasteiger charge is -2.22. The Hall–Kier alpha value is -3.15. The Morgan fingerprint density at radius 3 is 2.42 bits per heavy atom. The number of carbonyl (C=O) groups excluding carboxylic acids is 3. The van der Waals surface area contributed by atoms with Gasteiger partial charge in [-0.1, -0.05) is 42.0 Å². The predicted molar refractivity (Wildman–Crippen MR) is 98.6 cm³/mol. The molecule has 2 N–H and O–H groups in total. The van der Waals surface area contributed by atoms with E-state index in [1.54, 1.807) is 13.0 Å². The Morgan fingerprint density at radius 2 is 1.77 bits per heavy atom. The number of urea groups is 1. The van der Waals surface area contributed by atoms with Crippen molar-refractivity contribution in [1.29, 1.82) is 0 Å². The van der Waals surface area contributed by atoms with Crippen LogP contribution < -0.4 is 10.6 Å². The van der Waals surface area contributed by atoms with Gasteiger partial charge in [-0.25, -0.2) is 4.79 Å². The van der Waals surface area contributed by atoms with E-state index >= 15 is 0 Å². The minimum Gasteiger partial charge on any atom is -0.325 e. The second-order valence-corrected chi connectivity index (χ2v) is 6.73. The second-order valence-electron chi connectivity index (χ2n) is 6.73. The molecule has 1 fully saturated rings. The van der Waals surface area contributed by atoms with Crippen LogP contribution in [0.1, 0.15) is 23.6 Å². The number of aryl methyl sites for hydroxylation is 2. The summed E-state index contributed by atoms with van der Waals surface area (Å²) in [5.74, 6) is -0.863. The first-order valence-electron chi connectivity index (χ1n) is 8.37. The van der Waals surface area contributed by atoms with Crippen molar-refractivity contribution in [2.45, 2.75) is 26.3 Å². The summed E-state index contributed by atoms with van der Waals surface area (Å²) in [6, 6.07) is 14.1. The summed E-state index contributed by atoms with van der Waals surface area (Å²) in [6.45, 7) is 5.18. The van der Waals surface area contributed by atoms with Crippen molar-refractivity contribution in [1.82, 2.24) is 10.2 Å². The third-order valence-corrected chi connectivity index (χ3v) is 4.51. The maximum absolute atomic E-state index is 12.8. The van der Waals surface area contributed by atoms with Gasteiger partial charge in [0.05, 0.1) is 0 Å². The number of amides is 4. The molecule has 1 atom stereocenters. The molecule has 2 aromatic carbocycles. The lowest BCUT2D eigenvalue weighted by Crippen LogP contribution is -2.42. The molecule has 4 amide bonds. The fraction of sp³-hybridized carbons (Fsp3) is 0.250. The molecule has 1 aliphatic heterocycles. The van der Waals surface area contributed by atoms with Gasteiger partial charge in [0.15, 0.2) is 0 Å². The first-order chi connectivity index (χ1) is 12.3. The normalized spacial score (nSPS) is 19.4. The number of nitrogens with one attached hydrogen (secondary N) is 2. The van der Waals surface area contributed by atoms with Crippen molar-refractivity contribution in [3.05, 3.63) is 65.2 Å². The summed E-state index contributed by atoms with van der Waals surface area (Å²) < 4.78 is 0. The van der Waals surface area contributed by atoms with Crippen LogP contribution in [0.25, 0.3) is 0 Å². The summed E-state index contributed by atoms with van der Waals surface area (Å²) >= 11 is 0. The van der Waals surface area contributed by atoms with Gasteiger partial charge in [-0.3, -0.25) is 14.5 Å². The zero-order chi connectivity index (χ0) is 18.9. The number of hydrogen-bond donors (Lipinski definition) is 2. The van der Waals surface area contributed by atoms with Crippen molar-refractivity contribution >= 4 is 23.5 Å². The third-order valence-electron chi connectivity index (χ3n) is 4.51. The highest BCUT2D eigenvalue weighted by molar-refractivity contribution is 6.10. The molecule has 0 aliphatic carbocycles. The Kier molecular flexibility index (Phi) is 4.50. The van der Waals surface area contributed by atoms with Crippen LogP contribution in [0, 0.1) is 13.8 Å². The third kappa shape index (κ3) is 3.31. The Labute approximate surface area is 152 Å². The molecule has 0 unspecified atom stereocenters. The molecule has 2 aromatic rings. The summed E-state index contributed by atoms with van der Waals surface area (Å²) in [5.41, 5.74) is 2.20. The number of imide groups is 1. The number of nitrogens with zero attached hydrogens (tertiary/aromatic N) is 1. The molecule has 0 aromatic heterocycles. The molecule has 0 saturated carbocycles. The van der Waals surface area contributed by atoms with Crippen LogP contribution >= 0.6 is 0 Å². The van der Waals surface area contributed by atoms with Crippen molar-refractivity contribution in [2.75, 3.05) is 11.9 Å². The largest absolute Gasteiger partial charge is 0.325 e. The number of rotatable bonds is 4. The topological polar surface area (TPSA) is 78.5 Å². The summed E-state index contributed by atoms with van der Waals surface area (Å²) in [4.78, 5) is 38.4. The highest BCUT2D eigenvalue weighted by atomic mass is 16.2. The molecule has 1 heterocycles. The molecule has 3 rings (SSSR count). The van der Waals surface area contributed by atoms with Crippen LogP contribution in [0.5, 0.6) is 0 Å². The lowest BCUT2D eigenvalue weighted by molar-refractivity contribution is -0.133. The molecule has 1 saturated heterocycles. The first-order valence-corrected chi connectivity index (χ1v) is 8.37. The van der Waals surface area contributed by atoms with Crippen LogP contribution in [0.3, 0.4) is 0 Å². The first kappa shape index (κ1) is 17.7. The summed E-state index contributed by atoms with van der Waals surface area (Å²) in [6.07, 6.45) is 0. The van der Waals surface area contributed by atoms with Gasteiger partial charge < -0.3 is 10.6 Å². The fourth-order valence-corrected chi connectivity index (χ4v) is 2.99. The Balaban J connectivity index is 1.74. The van der Waals surface area contributed by atoms with Crippen LogP contribution in [0.4, 0.5) is 10.5 Å². The fourth-order valence-electron chi connectivity index (χ4n) is 2.99. The minimum absolute atomic E-state index is 0.333. The van der Waals surface area contributed by atoms with E-state index in [-0.39, 0.29) is 6.54 Å². The van der Waals surface area contributed by atoms with Gasteiger partial charge in [0.1, 0.15) is 12.1 Å². The van der Waals surface area contributed by atoms with E-state index in [4.69, 9.17) is 0 Å². The smallest absolute Gasteiger partial charge is 0.325 e. The van der Waals surface area contributed by atoms with Crippen LogP contribution in [0.2, 0.25) is 0 Å². The molecule has 6 heteroatoms. The van der Waals surface area contributed by atoms with E-state index in [1.165, 1.54) is 0 Å². The van der Waals surface area contributed by atoms with Crippen molar-refractivity contribution in [3.8, 4) is 0 Å². The van der Waals surface area contributed by atoms with Crippen LogP contribution in [0.15, 0.2) is 48.5 Å². The van der Waals surface area contributed by atoms with Crippen molar-refractivity contribution in [3.63, 3.8) is 0 Å². The van der Waals surface area contributed by atoms with Gasteiger partial charge in [-0.05, 0) is 44.0 Å². The molecular formula is C20H21N3O3. The maximum Gasteiger partial charge on any atom is 0.325 e. The highest BCUT2D eigenvalue weighted by Gasteiger charge is 2.49. The van der Waals surface area contributed by atoms with E-state index in [1.807, 2.05) is 56.3 Å². The van der Waals surface area contributed by atoms with E-state index in [2.05, 4.69) is 10.6 Å². The van der Waals surface area contributed by atoms with Crippen LogP contribution in [-0.4, -0.2) is 29.3 Å². The van der Waals surface area contributed by atoms with Gasteiger partial charge >= 0.3 is 6.03 Å². The molecule has 1 aliphatic rings. The number of carbonyl (C=O) groups is 3. The molecule has 134 valence electrons. The molecule has 26 heavy (non-hydrogen) atoms. The van der Waals surface area contributed by atoms with Gasteiger partial charge in [0, 0.05) is 5.69 Å². The standard InChI is InChI=1S/C20H21N3O3/c1-13-7-9-15(10-8-13)20(3)18(25)23(19(26)22-20)12-17(24)21-16-6-4-5-14(2)11-16/h4-11H,12H2,1-3H3,(H,21,24)(H,22,26)/t20-/m0/s1. The molecular weight excluding hydrogens is 330 g/mol. The van der Waals surface area contributed by atoms with E-state index in [9.17, 15) is 14.4 Å². The quantitative estimate of drug-likeness (QED) is 0.832. The second kappa shape index (κ2) is 6.63. The van der Waals surface area contributed by atoms with Crippen LogP contribution in [-0.2, 0) is 15.1 Å². The average molecular weight is 351 g/mol. The summed E-state index contributed by atoms with van der Waals surface area (Å²) in [7, 11) is 0. The Morgan fingerprint density at radius 1 is 1.08 bits per heavy atom. The van der Waals surface area contributed by atoms with Crippen molar-refractivity contribution < 1.29 is 14.4 Å². The minimum atomic E-state index is -1.17. The highest BCUT2D eigenvalue weighted by Crippen LogP contribution is 2.28. The van der Waals surface area contributed by atoms with E-state index in [0.29, 0.717) is 11.3 Å². The SMILES string of the molecule is Cc1ccc([C@]2(C)NC(=O)N(CC(=O)Nc3cccc(C)c3)C2=O)cc1. The zero-order valence-corrected chi connectivity index (χ0v) is 15.0. The van der Waals surface area contributed by atoms with Gasteiger partial charge in [-0.15, -0.1) is 0 Å².